The van der Waals surface area contributed by atoms with Crippen LogP contribution in [0.4, 0.5) is 8.78 Å². The first kappa shape index (κ1) is 19.1. The summed E-state index contributed by atoms with van der Waals surface area (Å²) in [6, 6.07) is 14.9. The van der Waals surface area contributed by atoms with Gasteiger partial charge in [-0.25, -0.2) is 8.78 Å². The van der Waals surface area contributed by atoms with Crippen molar-refractivity contribution in [3.05, 3.63) is 99.9 Å². The van der Waals surface area contributed by atoms with Crippen LogP contribution in [0.2, 0.25) is 0 Å². The molecule has 0 saturated carbocycles. The van der Waals surface area contributed by atoms with Crippen molar-refractivity contribution in [3.63, 3.8) is 0 Å². The van der Waals surface area contributed by atoms with E-state index in [9.17, 15) is 20.2 Å². The third kappa shape index (κ3) is 2.45. The highest BCUT2D eigenvalue weighted by molar-refractivity contribution is 6.19. The first-order valence-corrected chi connectivity index (χ1v) is 9.41. The van der Waals surface area contributed by atoms with E-state index in [1.807, 2.05) is 6.07 Å². The predicted molar refractivity (Wildman–Crippen MR) is 112 cm³/mol. The summed E-state index contributed by atoms with van der Waals surface area (Å²) >= 11 is 0. The number of hydrogen-bond acceptors (Lipinski definition) is 5. The lowest BCUT2D eigenvalue weighted by Crippen LogP contribution is -1.96. The Labute approximate surface area is 181 Å². The molecular weight excluding hydrogens is 408 g/mol. The molecule has 0 fully saturated rings. The molecule has 5 rings (SSSR count). The van der Waals surface area contributed by atoms with Gasteiger partial charge < -0.3 is 0 Å². The molecule has 2 aromatic heterocycles. The summed E-state index contributed by atoms with van der Waals surface area (Å²) in [4.78, 5) is 8.85. The maximum Gasteiger partial charge on any atom is 0.167 e. The highest BCUT2D eigenvalue weighted by Crippen LogP contribution is 2.55. The quantitative estimate of drug-likeness (QED) is 0.377. The van der Waals surface area contributed by atoms with E-state index in [0.29, 0.717) is 39.2 Å². The van der Waals surface area contributed by atoms with Crippen LogP contribution in [0, 0.1) is 45.6 Å². The zero-order chi connectivity index (χ0) is 22.4. The number of nitrogens with zero attached hydrogens (tertiary/aromatic N) is 5. The predicted octanol–water partition coefficient (Wildman–Crippen LogP) is 4.96. The Bertz CT molecular complexity index is 1510. The largest absolute Gasteiger partial charge is 0.254 e. The van der Waals surface area contributed by atoms with E-state index in [-0.39, 0.29) is 22.3 Å². The third-order valence-corrected chi connectivity index (χ3v) is 5.47. The Morgan fingerprint density at radius 1 is 0.812 bits per heavy atom. The molecule has 2 aliphatic rings. The number of halogens is 2. The minimum absolute atomic E-state index is 0.0509. The summed E-state index contributed by atoms with van der Waals surface area (Å²) in [5, 5.41) is 28.8. The topological polar surface area (TPSA) is 97.2 Å². The fraction of sp³-hybridized carbons (Fsp3) is 0. The zero-order valence-electron chi connectivity index (χ0n) is 16.2. The average molecular weight is 417 g/mol. The van der Waals surface area contributed by atoms with Crippen LogP contribution >= 0.6 is 0 Å². The molecule has 0 unspecified atom stereocenters. The number of benzene rings is 1. The molecule has 7 heteroatoms. The SMILES string of the molecule is N#C/C=C1/C(=C2c3cccnc3-c3ncccc32)C(=C(C#N)C#N)c2c1ccc(F)c2F. The normalized spacial score (nSPS) is 14.3. The van der Waals surface area contributed by atoms with Crippen molar-refractivity contribution in [3.8, 4) is 29.6 Å². The molecule has 0 radical (unpaired) electrons. The van der Waals surface area contributed by atoms with Crippen molar-refractivity contribution >= 4 is 16.7 Å². The second-order valence-corrected chi connectivity index (χ2v) is 6.99. The molecule has 0 bridgehead atoms. The molecule has 0 spiro atoms. The number of pyridine rings is 2. The van der Waals surface area contributed by atoms with Gasteiger partial charge in [-0.2, -0.15) is 15.8 Å². The Kier molecular flexibility index (Phi) is 4.22. The van der Waals surface area contributed by atoms with Crippen LogP contribution in [0.15, 0.2) is 66.0 Å². The van der Waals surface area contributed by atoms with Crippen LogP contribution in [0.5, 0.6) is 0 Å². The molecule has 1 aromatic carbocycles. The number of nitriles is 3. The van der Waals surface area contributed by atoms with E-state index in [1.54, 1.807) is 48.8 Å². The highest BCUT2D eigenvalue weighted by Gasteiger charge is 2.39. The van der Waals surface area contributed by atoms with E-state index in [4.69, 9.17) is 0 Å². The third-order valence-electron chi connectivity index (χ3n) is 5.47. The summed E-state index contributed by atoms with van der Waals surface area (Å²) in [6.07, 6.45) is 4.44. The molecular formula is C25H9F2N5. The Morgan fingerprint density at radius 2 is 1.44 bits per heavy atom. The van der Waals surface area contributed by atoms with E-state index >= 15 is 4.39 Å². The van der Waals surface area contributed by atoms with Gasteiger partial charge in [-0.3, -0.25) is 9.97 Å². The fourth-order valence-corrected chi connectivity index (χ4v) is 4.28. The van der Waals surface area contributed by atoms with Gasteiger partial charge in [-0.05, 0) is 23.8 Å². The summed E-state index contributed by atoms with van der Waals surface area (Å²) in [5.41, 5.74) is 3.19. The second kappa shape index (κ2) is 7.09. The summed E-state index contributed by atoms with van der Waals surface area (Å²) in [6.45, 7) is 0. The van der Waals surface area contributed by atoms with Gasteiger partial charge in [-0.15, -0.1) is 0 Å². The van der Waals surface area contributed by atoms with Crippen LogP contribution in [-0.2, 0) is 0 Å². The Hall–Kier alpha value is -4.93. The minimum atomic E-state index is -1.18. The monoisotopic (exact) mass is 417 g/mol. The molecule has 148 valence electrons. The second-order valence-electron chi connectivity index (χ2n) is 6.99. The highest BCUT2D eigenvalue weighted by atomic mass is 19.2. The molecule has 3 aromatic rings. The van der Waals surface area contributed by atoms with Gasteiger partial charge in [0.15, 0.2) is 11.6 Å². The van der Waals surface area contributed by atoms with Crippen molar-refractivity contribution < 1.29 is 8.78 Å². The molecule has 0 amide bonds. The van der Waals surface area contributed by atoms with Crippen LogP contribution in [-0.4, -0.2) is 9.97 Å². The maximum absolute atomic E-state index is 15.1. The smallest absolute Gasteiger partial charge is 0.167 e. The van der Waals surface area contributed by atoms with E-state index in [1.165, 1.54) is 12.1 Å². The average Bonchev–Trinajstić information content (AvgIpc) is 3.31. The van der Waals surface area contributed by atoms with E-state index in [2.05, 4.69) is 9.97 Å². The lowest BCUT2D eigenvalue weighted by atomic mass is 9.89. The molecule has 2 aliphatic carbocycles. The van der Waals surface area contributed by atoms with Gasteiger partial charge in [0.25, 0.3) is 0 Å². The van der Waals surface area contributed by atoms with Gasteiger partial charge in [0, 0.05) is 57.5 Å². The Morgan fingerprint density at radius 3 is 2.00 bits per heavy atom. The van der Waals surface area contributed by atoms with Crippen molar-refractivity contribution in [1.82, 2.24) is 9.97 Å². The maximum atomic E-state index is 15.1. The van der Waals surface area contributed by atoms with E-state index < -0.39 is 11.6 Å². The molecule has 0 atom stereocenters. The van der Waals surface area contributed by atoms with Crippen LogP contribution < -0.4 is 0 Å². The molecule has 32 heavy (non-hydrogen) atoms. The number of allylic oxidation sites excluding steroid dienone is 5. The standard InChI is InChI=1S/C25H9F2N5/c26-18-6-5-14-15(7-8-28)21(19(13(11-29)12-30)22(14)23(18)27)20-16-3-1-9-31-24(16)25-17(20)4-2-10-32-25/h1-7,9-10H/b15-7+. The summed E-state index contributed by atoms with van der Waals surface area (Å²) in [5.74, 6) is -2.30. The zero-order valence-corrected chi connectivity index (χ0v) is 16.2. The van der Waals surface area contributed by atoms with Crippen molar-refractivity contribution in [2.75, 3.05) is 0 Å². The van der Waals surface area contributed by atoms with Gasteiger partial charge >= 0.3 is 0 Å². The number of hydrogen-bond donors (Lipinski definition) is 0. The first-order chi connectivity index (χ1) is 15.6. The lowest BCUT2D eigenvalue weighted by molar-refractivity contribution is 0.506. The first-order valence-electron chi connectivity index (χ1n) is 9.41. The van der Waals surface area contributed by atoms with Gasteiger partial charge in [-0.1, -0.05) is 18.2 Å². The minimum Gasteiger partial charge on any atom is -0.254 e. The summed E-state index contributed by atoms with van der Waals surface area (Å²) < 4.78 is 29.3. The molecule has 0 aliphatic heterocycles. The van der Waals surface area contributed by atoms with Crippen molar-refractivity contribution in [2.24, 2.45) is 0 Å². The van der Waals surface area contributed by atoms with E-state index in [0.717, 1.165) is 6.07 Å². The van der Waals surface area contributed by atoms with Crippen molar-refractivity contribution in [2.45, 2.75) is 0 Å². The summed E-state index contributed by atoms with van der Waals surface area (Å²) in [7, 11) is 0. The van der Waals surface area contributed by atoms with Gasteiger partial charge in [0.05, 0.1) is 17.5 Å². The van der Waals surface area contributed by atoms with Crippen molar-refractivity contribution in [1.29, 1.82) is 15.8 Å². The van der Waals surface area contributed by atoms with Crippen LogP contribution in [0.1, 0.15) is 22.3 Å². The van der Waals surface area contributed by atoms with Crippen LogP contribution in [0.3, 0.4) is 0 Å². The van der Waals surface area contributed by atoms with Gasteiger partial charge in [0.1, 0.15) is 17.7 Å². The molecule has 0 saturated heterocycles. The number of aromatic nitrogens is 2. The van der Waals surface area contributed by atoms with Gasteiger partial charge in [0.2, 0.25) is 0 Å². The number of fused-ring (bicyclic) bond motifs is 4. The molecule has 0 N–H and O–H groups in total. The molecule has 2 heterocycles. The van der Waals surface area contributed by atoms with Crippen LogP contribution in [0.25, 0.3) is 28.1 Å². The lowest BCUT2D eigenvalue weighted by Gasteiger charge is -2.11. The fourth-order valence-electron chi connectivity index (χ4n) is 4.28. The number of rotatable bonds is 0. The Balaban J connectivity index is 2.05. The molecule has 5 nitrogen and oxygen atoms in total.